The molecule has 0 N–H and O–H groups in total. The first-order valence-corrected chi connectivity index (χ1v) is 7.05. The second kappa shape index (κ2) is 6.18. The average molecular weight is 337 g/mol. The van der Waals surface area contributed by atoms with E-state index in [0.29, 0.717) is 22.4 Å². The molecular weight excluding hydrogens is 323 g/mol. The topological polar surface area (TPSA) is 26.3 Å². The van der Waals surface area contributed by atoms with Gasteiger partial charge in [0, 0.05) is 10.0 Å². The Morgan fingerprint density at radius 2 is 1.90 bits per heavy atom. The Morgan fingerprint density at radius 3 is 2.50 bits per heavy atom. The molecule has 0 saturated carbocycles. The molecule has 2 aromatic carbocycles. The first-order valence-electron chi connectivity index (χ1n) is 6.26. The highest BCUT2D eigenvalue weighted by molar-refractivity contribution is 9.10. The number of carbonyl (C=O) groups is 1. The minimum Gasteiger partial charge on any atom is -0.494 e. The smallest absolute Gasteiger partial charge is 0.197 e. The van der Waals surface area contributed by atoms with Crippen LogP contribution in [0, 0.1) is 12.7 Å². The van der Waals surface area contributed by atoms with E-state index in [1.54, 1.807) is 31.2 Å². The van der Waals surface area contributed by atoms with Crippen molar-refractivity contribution >= 4 is 21.7 Å². The van der Waals surface area contributed by atoms with E-state index in [4.69, 9.17) is 4.74 Å². The molecule has 4 heteroatoms. The number of hydrogen-bond acceptors (Lipinski definition) is 2. The van der Waals surface area contributed by atoms with Gasteiger partial charge in [0.2, 0.25) is 0 Å². The monoisotopic (exact) mass is 336 g/mol. The molecule has 0 heterocycles. The van der Waals surface area contributed by atoms with Gasteiger partial charge in [-0.2, -0.15) is 0 Å². The second-order valence-electron chi connectivity index (χ2n) is 4.39. The molecule has 2 aromatic rings. The number of ether oxygens (including phenoxy) is 1. The van der Waals surface area contributed by atoms with Crippen molar-refractivity contribution in [3.05, 3.63) is 63.4 Å². The zero-order valence-corrected chi connectivity index (χ0v) is 12.8. The maximum atomic E-state index is 13.9. The van der Waals surface area contributed by atoms with E-state index in [0.717, 1.165) is 5.56 Å². The molecule has 20 heavy (non-hydrogen) atoms. The molecule has 2 rings (SSSR count). The van der Waals surface area contributed by atoms with Gasteiger partial charge in [0.25, 0.3) is 0 Å². The van der Waals surface area contributed by atoms with Gasteiger partial charge in [-0.15, -0.1) is 0 Å². The zero-order valence-electron chi connectivity index (χ0n) is 11.2. The molecule has 0 bridgehead atoms. The van der Waals surface area contributed by atoms with Gasteiger partial charge >= 0.3 is 0 Å². The Bertz CT molecular complexity index is 653. The summed E-state index contributed by atoms with van der Waals surface area (Å²) in [6, 6.07) is 9.64. The van der Waals surface area contributed by atoms with Crippen molar-refractivity contribution in [2.75, 3.05) is 6.61 Å². The molecule has 0 aliphatic heterocycles. The van der Waals surface area contributed by atoms with Crippen LogP contribution in [0.3, 0.4) is 0 Å². The normalized spacial score (nSPS) is 10.4. The number of rotatable bonds is 4. The summed E-state index contributed by atoms with van der Waals surface area (Å²) in [7, 11) is 0. The Morgan fingerprint density at radius 1 is 1.20 bits per heavy atom. The summed E-state index contributed by atoms with van der Waals surface area (Å²) in [5, 5.41) is 0. The van der Waals surface area contributed by atoms with Crippen molar-refractivity contribution < 1.29 is 13.9 Å². The standard InChI is InChI=1S/C16H14BrFO2/c1-3-20-11-5-7-12(14(17)9-11)16(19)13-6-4-10(2)8-15(13)18/h4-9H,3H2,1-2H3. The number of ketones is 1. The van der Waals surface area contributed by atoms with Gasteiger partial charge < -0.3 is 4.74 Å². The molecule has 0 unspecified atom stereocenters. The third-order valence-electron chi connectivity index (χ3n) is 2.87. The van der Waals surface area contributed by atoms with E-state index in [1.165, 1.54) is 12.1 Å². The molecule has 2 nitrogen and oxygen atoms in total. The van der Waals surface area contributed by atoms with Crippen molar-refractivity contribution in [2.24, 2.45) is 0 Å². The van der Waals surface area contributed by atoms with Crippen LogP contribution in [-0.2, 0) is 0 Å². The third kappa shape index (κ3) is 3.07. The molecular formula is C16H14BrFO2. The summed E-state index contributed by atoms with van der Waals surface area (Å²) in [5.74, 6) is -0.187. The number of halogens is 2. The van der Waals surface area contributed by atoms with Crippen LogP contribution in [0.5, 0.6) is 5.75 Å². The quantitative estimate of drug-likeness (QED) is 0.767. The van der Waals surface area contributed by atoms with Gasteiger partial charge in [-0.05, 0) is 65.7 Å². The van der Waals surface area contributed by atoms with Crippen LogP contribution in [-0.4, -0.2) is 12.4 Å². The van der Waals surface area contributed by atoms with Crippen LogP contribution in [0.1, 0.15) is 28.4 Å². The average Bonchev–Trinajstić information content (AvgIpc) is 2.38. The van der Waals surface area contributed by atoms with Crippen LogP contribution in [0.15, 0.2) is 40.9 Å². The SMILES string of the molecule is CCOc1ccc(C(=O)c2ccc(C)cc2F)c(Br)c1. The fraction of sp³-hybridized carbons (Fsp3) is 0.188. The van der Waals surface area contributed by atoms with Crippen molar-refractivity contribution in [3.63, 3.8) is 0 Å². The van der Waals surface area contributed by atoms with E-state index >= 15 is 0 Å². The zero-order chi connectivity index (χ0) is 14.7. The van der Waals surface area contributed by atoms with E-state index in [2.05, 4.69) is 15.9 Å². The van der Waals surface area contributed by atoms with Crippen LogP contribution in [0.25, 0.3) is 0 Å². The van der Waals surface area contributed by atoms with Crippen molar-refractivity contribution in [3.8, 4) is 5.75 Å². The lowest BCUT2D eigenvalue weighted by Gasteiger charge is -2.08. The molecule has 0 amide bonds. The minimum absolute atomic E-state index is 0.0699. The number of hydrogen-bond donors (Lipinski definition) is 0. The van der Waals surface area contributed by atoms with Gasteiger partial charge in [0.15, 0.2) is 5.78 Å². The molecule has 0 saturated heterocycles. The largest absolute Gasteiger partial charge is 0.494 e. The summed E-state index contributed by atoms with van der Waals surface area (Å²) in [6.07, 6.45) is 0. The Labute approximate surface area is 125 Å². The van der Waals surface area contributed by atoms with E-state index in [1.807, 2.05) is 6.92 Å². The molecule has 0 fully saturated rings. The third-order valence-corrected chi connectivity index (χ3v) is 3.52. The second-order valence-corrected chi connectivity index (χ2v) is 5.24. The lowest BCUT2D eigenvalue weighted by atomic mass is 10.0. The minimum atomic E-state index is -0.504. The number of benzene rings is 2. The summed E-state index contributed by atoms with van der Waals surface area (Å²) < 4.78 is 19.8. The van der Waals surface area contributed by atoms with Gasteiger partial charge in [-0.1, -0.05) is 6.07 Å². The van der Waals surface area contributed by atoms with E-state index in [9.17, 15) is 9.18 Å². The molecule has 0 aliphatic carbocycles. The van der Waals surface area contributed by atoms with Crippen molar-refractivity contribution in [2.45, 2.75) is 13.8 Å². The molecule has 0 radical (unpaired) electrons. The van der Waals surface area contributed by atoms with Crippen molar-refractivity contribution in [1.82, 2.24) is 0 Å². The van der Waals surface area contributed by atoms with Crippen LogP contribution >= 0.6 is 15.9 Å². The maximum Gasteiger partial charge on any atom is 0.197 e. The van der Waals surface area contributed by atoms with Crippen LogP contribution in [0.4, 0.5) is 4.39 Å². The Hall–Kier alpha value is -1.68. The highest BCUT2D eigenvalue weighted by atomic mass is 79.9. The summed E-state index contributed by atoms with van der Waals surface area (Å²) in [6.45, 7) is 4.21. The lowest BCUT2D eigenvalue weighted by molar-refractivity contribution is 0.103. The first-order chi connectivity index (χ1) is 9.52. The van der Waals surface area contributed by atoms with Crippen LogP contribution < -0.4 is 4.74 Å². The summed E-state index contributed by atoms with van der Waals surface area (Å²) in [5.41, 5.74) is 1.27. The highest BCUT2D eigenvalue weighted by Gasteiger charge is 2.17. The van der Waals surface area contributed by atoms with Gasteiger partial charge in [0.05, 0.1) is 12.2 Å². The molecule has 104 valence electrons. The van der Waals surface area contributed by atoms with Gasteiger partial charge in [-0.25, -0.2) is 4.39 Å². The fourth-order valence-electron chi connectivity index (χ4n) is 1.89. The fourth-order valence-corrected chi connectivity index (χ4v) is 2.42. The summed E-state index contributed by atoms with van der Waals surface area (Å²) >= 11 is 3.33. The molecule has 0 aromatic heterocycles. The van der Waals surface area contributed by atoms with Crippen LogP contribution in [0.2, 0.25) is 0 Å². The van der Waals surface area contributed by atoms with E-state index in [-0.39, 0.29) is 11.3 Å². The number of aryl methyl sites for hydroxylation is 1. The predicted molar refractivity (Wildman–Crippen MR) is 79.9 cm³/mol. The first kappa shape index (κ1) is 14.7. The predicted octanol–water partition coefficient (Wildman–Crippen LogP) is 4.53. The Balaban J connectivity index is 2.38. The summed E-state index contributed by atoms with van der Waals surface area (Å²) in [4.78, 5) is 12.4. The molecule has 0 aliphatic rings. The van der Waals surface area contributed by atoms with E-state index < -0.39 is 5.82 Å². The number of carbonyl (C=O) groups excluding carboxylic acids is 1. The van der Waals surface area contributed by atoms with Gasteiger partial charge in [-0.3, -0.25) is 4.79 Å². The highest BCUT2D eigenvalue weighted by Crippen LogP contribution is 2.26. The van der Waals surface area contributed by atoms with Crippen molar-refractivity contribution in [1.29, 1.82) is 0 Å². The lowest BCUT2D eigenvalue weighted by Crippen LogP contribution is -2.06. The molecule has 0 atom stereocenters. The van der Waals surface area contributed by atoms with Gasteiger partial charge in [0.1, 0.15) is 11.6 Å². The Kier molecular flexibility index (Phi) is 4.55. The maximum absolute atomic E-state index is 13.9. The molecule has 0 spiro atoms.